The minimum Gasteiger partial charge on any atom is -0.396 e. The second kappa shape index (κ2) is 5.48. The molecule has 1 aromatic rings. The molecular weight excluding hydrogens is 233 g/mol. The van der Waals surface area contributed by atoms with Crippen molar-refractivity contribution in [1.29, 1.82) is 0 Å². The first-order valence-corrected chi connectivity index (χ1v) is 5.48. The number of hydrogen-bond donors (Lipinski definition) is 3. The van der Waals surface area contributed by atoms with Gasteiger partial charge >= 0.3 is 0 Å². The number of aliphatic hydroxyl groups is 2. The van der Waals surface area contributed by atoms with Gasteiger partial charge in [0.25, 0.3) is 0 Å². The van der Waals surface area contributed by atoms with Gasteiger partial charge in [-0.25, -0.2) is 4.39 Å². The van der Waals surface area contributed by atoms with Crippen molar-refractivity contribution in [1.82, 2.24) is 0 Å². The molecule has 0 spiro atoms. The maximum atomic E-state index is 13.2. The number of aliphatic hydroxyl groups excluding tert-OH is 2. The number of rotatable bonds is 4. The first-order chi connectivity index (χ1) is 7.47. The standard InChI is InChI=1S/C11H15ClFNO2/c1-6-4-9(14)8(13)5-7(6)11(16)10(15)2-3-12/h4-5,10-11,15-16H,2-3,14H2,1H3. The van der Waals surface area contributed by atoms with Crippen molar-refractivity contribution in [2.45, 2.75) is 25.6 Å². The van der Waals surface area contributed by atoms with Gasteiger partial charge in [-0.05, 0) is 36.6 Å². The topological polar surface area (TPSA) is 66.5 Å². The third-order valence-electron chi connectivity index (χ3n) is 2.47. The molecule has 0 bridgehead atoms. The van der Waals surface area contributed by atoms with Crippen molar-refractivity contribution in [3.8, 4) is 0 Å². The zero-order valence-corrected chi connectivity index (χ0v) is 9.71. The zero-order valence-electron chi connectivity index (χ0n) is 8.95. The van der Waals surface area contributed by atoms with E-state index in [1.165, 1.54) is 6.07 Å². The van der Waals surface area contributed by atoms with E-state index in [0.29, 0.717) is 11.1 Å². The second-order valence-electron chi connectivity index (χ2n) is 3.72. The number of hydrogen-bond acceptors (Lipinski definition) is 3. The Labute approximate surface area is 98.7 Å². The van der Waals surface area contributed by atoms with Crippen LogP contribution in [0.3, 0.4) is 0 Å². The van der Waals surface area contributed by atoms with Crippen LogP contribution in [0.5, 0.6) is 0 Å². The molecule has 5 heteroatoms. The van der Waals surface area contributed by atoms with E-state index in [4.69, 9.17) is 17.3 Å². The van der Waals surface area contributed by atoms with Crippen molar-refractivity contribution in [3.63, 3.8) is 0 Å². The summed E-state index contributed by atoms with van der Waals surface area (Å²) in [6, 6.07) is 2.58. The Morgan fingerprint density at radius 3 is 2.62 bits per heavy atom. The number of alkyl halides is 1. The smallest absolute Gasteiger partial charge is 0.146 e. The lowest BCUT2D eigenvalue weighted by Gasteiger charge is -2.19. The van der Waals surface area contributed by atoms with E-state index >= 15 is 0 Å². The van der Waals surface area contributed by atoms with Gasteiger partial charge in [0.05, 0.1) is 11.8 Å². The van der Waals surface area contributed by atoms with Crippen molar-refractivity contribution >= 4 is 17.3 Å². The lowest BCUT2D eigenvalue weighted by molar-refractivity contribution is 0.0165. The summed E-state index contributed by atoms with van der Waals surface area (Å²) in [4.78, 5) is 0. The Hall–Kier alpha value is -0.840. The van der Waals surface area contributed by atoms with Crippen LogP contribution in [0.25, 0.3) is 0 Å². The lowest BCUT2D eigenvalue weighted by Crippen LogP contribution is -2.20. The molecule has 0 radical (unpaired) electrons. The van der Waals surface area contributed by atoms with E-state index in [0.717, 1.165) is 6.07 Å². The fourth-order valence-corrected chi connectivity index (χ4v) is 1.74. The second-order valence-corrected chi connectivity index (χ2v) is 4.10. The monoisotopic (exact) mass is 247 g/mol. The predicted octanol–water partition coefficient (Wildman–Crippen LogP) is 1.74. The molecule has 0 fully saturated rings. The highest BCUT2D eigenvalue weighted by molar-refractivity contribution is 6.17. The van der Waals surface area contributed by atoms with Gasteiger partial charge in [0.15, 0.2) is 0 Å². The predicted molar refractivity (Wildman–Crippen MR) is 61.9 cm³/mol. The van der Waals surface area contributed by atoms with Gasteiger partial charge in [0.2, 0.25) is 0 Å². The molecular formula is C11H15ClFNO2. The van der Waals surface area contributed by atoms with E-state index in [1.807, 2.05) is 0 Å². The van der Waals surface area contributed by atoms with E-state index < -0.39 is 18.0 Å². The van der Waals surface area contributed by atoms with Crippen LogP contribution in [0.4, 0.5) is 10.1 Å². The molecule has 0 aliphatic rings. The largest absolute Gasteiger partial charge is 0.396 e. The van der Waals surface area contributed by atoms with E-state index in [2.05, 4.69) is 0 Å². The summed E-state index contributed by atoms with van der Waals surface area (Å²) in [5.74, 6) is -0.368. The van der Waals surface area contributed by atoms with Gasteiger partial charge in [0.1, 0.15) is 11.9 Å². The molecule has 2 unspecified atom stereocenters. The van der Waals surface area contributed by atoms with Crippen molar-refractivity contribution < 1.29 is 14.6 Å². The molecule has 90 valence electrons. The first kappa shape index (κ1) is 13.2. The van der Waals surface area contributed by atoms with Crippen molar-refractivity contribution in [2.75, 3.05) is 11.6 Å². The van der Waals surface area contributed by atoms with Crippen LogP contribution >= 0.6 is 11.6 Å². The maximum absolute atomic E-state index is 13.2. The molecule has 0 saturated carbocycles. The summed E-state index contributed by atoms with van der Waals surface area (Å²) < 4.78 is 13.2. The quantitative estimate of drug-likeness (QED) is 0.561. The first-order valence-electron chi connectivity index (χ1n) is 4.95. The number of halogens is 2. The molecule has 0 amide bonds. The minimum atomic E-state index is -1.14. The Bertz CT molecular complexity index is 373. The molecule has 0 aromatic heterocycles. The van der Waals surface area contributed by atoms with Gasteiger partial charge < -0.3 is 15.9 Å². The number of aryl methyl sites for hydroxylation is 1. The summed E-state index contributed by atoms with van der Waals surface area (Å²) >= 11 is 5.46. The van der Waals surface area contributed by atoms with Crippen molar-refractivity contribution in [2.24, 2.45) is 0 Å². The summed E-state index contributed by atoms with van der Waals surface area (Å²) in [7, 11) is 0. The van der Waals surface area contributed by atoms with E-state index in [1.54, 1.807) is 6.92 Å². The summed E-state index contributed by atoms with van der Waals surface area (Å²) in [6.07, 6.45) is -1.90. The molecule has 1 aromatic carbocycles. The third-order valence-corrected chi connectivity index (χ3v) is 2.69. The average molecular weight is 248 g/mol. The fraction of sp³-hybridized carbons (Fsp3) is 0.455. The fourth-order valence-electron chi connectivity index (χ4n) is 1.51. The van der Waals surface area contributed by atoms with Gasteiger partial charge in [-0.15, -0.1) is 11.6 Å². The summed E-state index contributed by atoms with van der Waals surface area (Å²) in [6.45, 7) is 1.70. The highest BCUT2D eigenvalue weighted by atomic mass is 35.5. The summed E-state index contributed by atoms with van der Waals surface area (Å²) in [5, 5.41) is 19.4. The zero-order chi connectivity index (χ0) is 12.3. The highest BCUT2D eigenvalue weighted by Crippen LogP contribution is 2.26. The van der Waals surface area contributed by atoms with Gasteiger partial charge in [-0.3, -0.25) is 0 Å². The average Bonchev–Trinajstić information content (AvgIpc) is 2.23. The molecule has 2 atom stereocenters. The Morgan fingerprint density at radius 1 is 1.44 bits per heavy atom. The van der Waals surface area contributed by atoms with Gasteiger partial charge in [-0.2, -0.15) is 0 Å². The Kier molecular flexibility index (Phi) is 4.53. The summed E-state index contributed by atoms with van der Waals surface area (Å²) in [5.41, 5.74) is 6.39. The highest BCUT2D eigenvalue weighted by Gasteiger charge is 2.20. The molecule has 0 heterocycles. The van der Waals surface area contributed by atoms with Crippen LogP contribution in [0.2, 0.25) is 0 Å². The number of nitrogens with two attached hydrogens (primary N) is 1. The van der Waals surface area contributed by atoms with Gasteiger partial charge in [0, 0.05) is 5.88 Å². The molecule has 3 nitrogen and oxygen atoms in total. The molecule has 0 saturated heterocycles. The van der Waals surface area contributed by atoms with Crippen molar-refractivity contribution in [3.05, 3.63) is 29.1 Å². The number of nitrogen functional groups attached to an aromatic ring is 1. The van der Waals surface area contributed by atoms with Crippen LogP contribution in [0, 0.1) is 12.7 Å². The molecule has 1 rings (SSSR count). The molecule has 4 N–H and O–H groups in total. The van der Waals surface area contributed by atoms with Crippen LogP contribution in [-0.4, -0.2) is 22.2 Å². The third kappa shape index (κ3) is 2.84. The Morgan fingerprint density at radius 2 is 2.06 bits per heavy atom. The molecule has 0 aliphatic carbocycles. The number of anilines is 1. The lowest BCUT2D eigenvalue weighted by atomic mass is 9.97. The number of benzene rings is 1. The van der Waals surface area contributed by atoms with Gasteiger partial charge in [-0.1, -0.05) is 0 Å². The SMILES string of the molecule is Cc1cc(N)c(F)cc1C(O)C(O)CCCl. The van der Waals surface area contributed by atoms with Crippen LogP contribution in [0.1, 0.15) is 23.7 Å². The maximum Gasteiger partial charge on any atom is 0.146 e. The normalized spacial score (nSPS) is 14.8. The molecule has 16 heavy (non-hydrogen) atoms. The molecule has 0 aliphatic heterocycles. The van der Waals surface area contributed by atoms with Crippen LogP contribution in [-0.2, 0) is 0 Å². The Balaban J connectivity index is 2.99. The minimum absolute atomic E-state index is 0.0280. The van der Waals surface area contributed by atoms with Crippen LogP contribution < -0.4 is 5.73 Å². The van der Waals surface area contributed by atoms with Crippen LogP contribution in [0.15, 0.2) is 12.1 Å². The van der Waals surface area contributed by atoms with E-state index in [9.17, 15) is 14.6 Å². The van der Waals surface area contributed by atoms with E-state index in [-0.39, 0.29) is 18.0 Å².